The average molecular weight is 486 g/mol. The largest absolute Gasteiger partial charge is 0.448 e. The summed E-state index contributed by atoms with van der Waals surface area (Å²) in [6, 6.07) is 14.9. The highest BCUT2D eigenvalue weighted by Crippen LogP contribution is 2.25. The van der Waals surface area contributed by atoms with Crippen LogP contribution in [0, 0.1) is 5.82 Å². The Bertz CT molecular complexity index is 1470. The van der Waals surface area contributed by atoms with Crippen LogP contribution in [0.4, 0.5) is 4.39 Å². The zero-order valence-electron chi connectivity index (χ0n) is 19.4. The number of halogens is 1. The summed E-state index contributed by atoms with van der Waals surface area (Å²) in [7, 11) is 0. The van der Waals surface area contributed by atoms with Crippen LogP contribution in [0.25, 0.3) is 22.3 Å². The quantitative estimate of drug-likeness (QED) is 0.259. The van der Waals surface area contributed by atoms with Gasteiger partial charge < -0.3 is 20.0 Å². The summed E-state index contributed by atoms with van der Waals surface area (Å²) in [6.07, 6.45) is 5.76. The first-order chi connectivity index (χ1) is 17.7. The standard InChI is InChI=1S/C26H24FN7O2/c27-19-7-4-11-29-20(19)15-31-26(35)21-16-36-23(32-21)10-13-28-12-9-22-33-24-18(8-14-30-25(24)34-22)17-5-2-1-3-6-17/h1-8,11,14,16,28H,9-10,12-13,15H2,(H,31,35)(H,30,33,34). The number of pyridine rings is 2. The molecule has 0 aliphatic heterocycles. The van der Waals surface area contributed by atoms with Crippen LogP contribution in [0.5, 0.6) is 0 Å². The minimum atomic E-state index is -0.472. The molecule has 10 heteroatoms. The van der Waals surface area contributed by atoms with Crippen molar-refractivity contribution in [3.05, 3.63) is 96.1 Å². The fraction of sp³-hybridized carbons (Fsp3) is 0.192. The number of aromatic nitrogens is 5. The van der Waals surface area contributed by atoms with Crippen LogP contribution in [0.1, 0.15) is 27.9 Å². The van der Waals surface area contributed by atoms with E-state index in [9.17, 15) is 9.18 Å². The maximum Gasteiger partial charge on any atom is 0.273 e. The number of oxazole rings is 1. The van der Waals surface area contributed by atoms with Crippen LogP contribution in [0.15, 0.2) is 71.6 Å². The Morgan fingerprint density at radius 3 is 2.69 bits per heavy atom. The number of aromatic amines is 1. The van der Waals surface area contributed by atoms with E-state index in [2.05, 4.69) is 47.7 Å². The molecule has 182 valence electrons. The van der Waals surface area contributed by atoms with E-state index in [0.29, 0.717) is 37.5 Å². The molecule has 0 radical (unpaired) electrons. The molecule has 0 atom stereocenters. The Balaban J connectivity index is 1.09. The summed E-state index contributed by atoms with van der Waals surface area (Å²) in [6.45, 7) is 1.29. The van der Waals surface area contributed by atoms with Crippen LogP contribution in [0.3, 0.4) is 0 Å². The van der Waals surface area contributed by atoms with Crippen molar-refractivity contribution in [1.29, 1.82) is 0 Å². The molecule has 0 saturated heterocycles. The number of hydrogen-bond acceptors (Lipinski definition) is 7. The molecule has 5 aromatic rings. The van der Waals surface area contributed by atoms with Crippen LogP contribution < -0.4 is 10.6 Å². The second kappa shape index (κ2) is 10.9. The second-order valence-electron chi connectivity index (χ2n) is 8.10. The minimum Gasteiger partial charge on any atom is -0.448 e. The molecule has 0 spiro atoms. The van der Waals surface area contributed by atoms with Crippen molar-refractivity contribution in [2.45, 2.75) is 19.4 Å². The van der Waals surface area contributed by atoms with Gasteiger partial charge in [-0.15, -0.1) is 0 Å². The SMILES string of the molecule is O=C(NCc1ncccc1F)c1coc(CCNCCc2nc3nccc(-c4ccccc4)c3[nH]2)n1. The molecule has 4 aromatic heterocycles. The third-order valence-electron chi connectivity index (χ3n) is 5.62. The number of hydrogen-bond donors (Lipinski definition) is 3. The summed E-state index contributed by atoms with van der Waals surface area (Å²) in [5, 5.41) is 5.93. The van der Waals surface area contributed by atoms with E-state index in [0.717, 1.165) is 22.5 Å². The van der Waals surface area contributed by atoms with Crippen LogP contribution in [-0.4, -0.2) is 43.9 Å². The molecular weight excluding hydrogens is 461 g/mol. The topological polar surface area (TPSA) is 122 Å². The number of fused-ring (bicyclic) bond motifs is 1. The van der Waals surface area contributed by atoms with Crippen molar-refractivity contribution in [3.8, 4) is 11.1 Å². The zero-order chi connectivity index (χ0) is 24.7. The highest BCUT2D eigenvalue weighted by atomic mass is 19.1. The van der Waals surface area contributed by atoms with Gasteiger partial charge in [-0.3, -0.25) is 9.78 Å². The van der Waals surface area contributed by atoms with E-state index < -0.39 is 11.7 Å². The highest BCUT2D eigenvalue weighted by molar-refractivity contribution is 5.92. The fourth-order valence-corrected chi connectivity index (χ4v) is 3.80. The summed E-state index contributed by atoms with van der Waals surface area (Å²) in [5.41, 5.74) is 4.11. The van der Waals surface area contributed by atoms with Gasteiger partial charge >= 0.3 is 0 Å². The monoisotopic (exact) mass is 485 g/mol. The van der Waals surface area contributed by atoms with E-state index in [1.54, 1.807) is 6.20 Å². The van der Waals surface area contributed by atoms with Gasteiger partial charge in [-0.2, -0.15) is 0 Å². The average Bonchev–Trinajstić information content (AvgIpc) is 3.55. The van der Waals surface area contributed by atoms with Gasteiger partial charge in [0.2, 0.25) is 0 Å². The molecule has 9 nitrogen and oxygen atoms in total. The van der Waals surface area contributed by atoms with Crippen molar-refractivity contribution in [2.75, 3.05) is 13.1 Å². The number of benzene rings is 1. The summed E-state index contributed by atoms with van der Waals surface area (Å²) < 4.78 is 19.0. The van der Waals surface area contributed by atoms with Crippen LogP contribution in [0.2, 0.25) is 0 Å². The predicted molar refractivity (Wildman–Crippen MR) is 131 cm³/mol. The lowest BCUT2D eigenvalue weighted by Gasteiger charge is -2.03. The number of rotatable bonds is 10. The van der Waals surface area contributed by atoms with Crippen molar-refractivity contribution in [3.63, 3.8) is 0 Å². The van der Waals surface area contributed by atoms with Gasteiger partial charge in [-0.25, -0.2) is 19.3 Å². The van der Waals surface area contributed by atoms with E-state index in [4.69, 9.17) is 4.42 Å². The number of nitrogens with zero attached hydrogens (tertiary/aromatic N) is 4. The third kappa shape index (κ3) is 5.44. The molecule has 0 bridgehead atoms. The lowest BCUT2D eigenvalue weighted by Crippen LogP contribution is -2.24. The first kappa shape index (κ1) is 23.3. The Hall–Kier alpha value is -4.44. The minimum absolute atomic E-state index is 0.0284. The van der Waals surface area contributed by atoms with E-state index in [-0.39, 0.29) is 17.9 Å². The maximum atomic E-state index is 13.6. The molecule has 0 aliphatic rings. The number of nitrogens with one attached hydrogen (secondary N) is 3. The summed E-state index contributed by atoms with van der Waals surface area (Å²) >= 11 is 0. The zero-order valence-corrected chi connectivity index (χ0v) is 19.4. The van der Waals surface area contributed by atoms with Gasteiger partial charge in [-0.1, -0.05) is 30.3 Å². The molecule has 3 N–H and O–H groups in total. The Morgan fingerprint density at radius 2 is 1.83 bits per heavy atom. The molecule has 36 heavy (non-hydrogen) atoms. The van der Waals surface area contributed by atoms with E-state index >= 15 is 0 Å². The van der Waals surface area contributed by atoms with Crippen molar-refractivity contribution < 1.29 is 13.6 Å². The number of imidazole rings is 1. The van der Waals surface area contributed by atoms with Gasteiger partial charge in [0.25, 0.3) is 5.91 Å². The van der Waals surface area contributed by atoms with Crippen LogP contribution >= 0.6 is 0 Å². The molecule has 1 aromatic carbocycles. The first-order valence-electron chi connectivity index (χ1n) is 11.6. The lowest BCUT2D eigenvalue weighted by atomic mass is 10.1. The number of H-pyrrole nitrogens is 1. The Kier molecular flexibility index (Phi) is 7.04. The number of carbonyl (C=O) groups is 1. The van der Waals surface area contributed by atoms with Gasteiger partial charge in [0.05, 0.1) is 17.8 Å². The van der Waals surface area contributed by atoms with Gasteiger partial charge in [-0.05, 0) is 23.8 Å². The molecule has 0 unspecified atom stereocenters. The summed E-state index contributed by atoms with van der Waals surface area (Å²) in [4.78, 5) is 32.8. The molecule has 1 amide bonds. The van der Waals surface area contributed by atoms with Gasteiger partial charge in [0, 0.05) is 43.9 Å². The van der Waals surface area contributed by atoms with Gasteiger partial charge in [0.1, 0.15) is 17.9 Å². The van der Waals surface area contributed by atoms with Gasteiger partial charge in [0.15, 0.2) is 17.2 Å². The Labute approximate surface area is 206 Å². The van der Waals surface area contributed by atoms with E-state index in [1.165, 1.54) is 24.6 Å². The van der Waals surface area contributed by atoms with Crippen molar-refractivity contribution in [2.24, 2.45) is 0 Å². The normalized spacial score (nSPS) is 11.1. The molecule has 5 rings (SSSR count). The third-order valence-corrected chi connectivity index (χ3v) is 5.62. The first-order valence-corrected chi connectivity index (χ1v) is 11.6. The fourth-order valence-electron chi connectivity index (χ4n) is 3.80. The molecule has 0 aliphatic carbocycles. The lowest BCUT2D eigenvalue weighted by molar-refractivity contribution is 0.0945. The maximum absolute atomic E-state index is 13.6. The predicted octanol–water partition coefficient (Wildman–Crippen LogP) is 3.45. The smallest absolute Gasteiger partial charge is 0.273 e. The van der Waals surface area contributed by atoms with Crippen LogP contribution in [-0.2, 0) is 19.4 Å². The highest BCUT2D eigenvalue weighted by Gasteiger charge is 2.13. The molecule has 0 saturated carbocycles. The Morgan fingerprint density at radius 1 is 0.972 bits per heavy atom. The molecule has 0 fully saturated rings. The number of carbonyl (C=O) groups excluding carboxylic acids is 1. The number of amides is 1. The molecular formula is C26H24FN7O2. The summed E-state index contributed by atoms with van der Waals surface area (Å²) in [5.74, 6) is 0.376. The second-order valence-corrected chi connectivity index (χ2v) is 8.10. The van der Waals surface area contributed by atoms with E-state index in [1.807, 2.05) is 24.3 Å². The molecule has 4 heterocycles. The van der Waals surface area contributed by atoms with Crippen molar-refractivity contribution >= 4 is 17.1 Å². The van der Waals surface area contributed by atoms with Crippen molar-refractivity contribution in [1.82, 2.24) is 35.6 Å².